The van der Waals surface area contributed by atoms with E-state index in [1.165, 1.54) is 54.6 Å². The van der Waals surface area contributed by atoms with Gasteiger partial charge in [0.2, 0.25) is 0 Å². The molecule has 0 amide bonds. The number of para-hydroxylation sites is 1. The maximum atomic E-state index is 6.22. The highest BCUT2D eigenvalue weighted by atomic mass is 16.3. The van der Waals surface area contributed by atoms with Gasteiger partial charge in [-0.15, -0.1) is 0 Å². The van der Waals surface area contributed by atoms with Gasteiger partial charge in [0, 0.05) is 28.0 Å². The fourth-order valence-corrected chi connectivity index (χ4v) is 8.49. The van der Waals surface area contributed by atoms with Crippen LogP contribution in [0.5, 0.6) is 0 Å². The molecule has 0 saturated heterocycles. The number of anilines is 3. The molecule has 0 spiro atoms. The zero-order chi connectivity index (χ0) is 38.4. The maximum Gasteiger partial charge on any atom is 0.135 e. The third kappa shape index (κ3) is 6.09. The van der Waals surface area contributed by atoms with Gasteiger partial charge in [-0.3, -0.25) is 0 Å². The molecule has 11 rings (SSSR count). The maximum absolute atomic E-state index is 6.22. The molecular weight excluding hydrogens is 703 g/mol. The van der Waals surface area contributed by atoms with Crippen LogP contribution in [0.2, 0.25) is 0 Å². The Morgan fingerprint density at radius 2 is 0.776 bits per heavy atom. The second-order valence-electron chi connectivity index (χ2n) is 15.0. The van der Waals surface area contributed by atoms with Crippen molar-refractivity contribution in [2.45, 2.75) is 0 Å². The van der Waals surface area contributed by atoms with Crippen molar-refractivity contribution in [3.05, 3.63) is 224 Å². The van der Waals surface area contributed by atoms with Crippen molar-refractivity contribution in [1.82, 2.24) is 0 Å². The number of fused-ring (bicyclic) bond motifs is 5. The molecule has 2 nitrogen and oxygen atoms in total. The van der Waals surface area contributed by atoms with Crippen LogP contribution in [-0.4, -0.2) is 0 Å². The summed E-state index contributed by atoms with van der Waals surface area (Å²) in [7, 11) is 0. The van der Waals surface area contributed by atoms with E-state index >= 15 is 0 Å². The molecule has 2 heteroatoms. The second-order valence-corrected chi connectivity index (χ2v) is 15.0. The fraction of sp³-hybridized carbons (Fsp3) is 0. The largest absolute Gasteiger partial charge is 0.456 e. The van der Waals surface area contributed by atoms with Crippen molar-refractivity contribution in [2.24, 2.45) is 0 Å². The molecule has 0 aliphatic heterocycles. The summed E-state index contributed by atoms with van der Waals surface area (Å²) in [5, 5.41) is 8.69. The lowest BCUT2D eigenvalue weighted by Gasteiger charge is -2.26. The predicted molar refractivity (Wildman–Crippen MR) is 245 cm³/mol. The third-order valence-corrected chi connectivity index (χ3v) is 11.5. The summed E-state index contributed by atoms with van der Waals surface area (Å²) in [6.07, 6.45) is 0. The van der Waals surface area contributed by atoms with Crippen LogP contribution >= 0.6 is 0 Å². The van der Waals surface area contributed by atoms with Gasteiger partial charge >= 0.3 is 0 Å². The first-order valence-corrected chi connectivity index (χ1v) is 19.8. The Morgan fingerprint density at radius 1 is 0.276 bits per heavy atom. The minimum Gasteiger partial charge on any atom is -0.456 e. The van der Waals surface area contributed by atoms with Gasteiger partial charge in [0.25, 0.3) is 0 Å². The van der Waals surface area contributed by atoms with Crippen LogP contribution in [-0.2, 0) is 0 Å². The number of hydrogen-bond donors (Lipinski definition) is 0. The normalized spacial score (nSPS) is 11.4. The zero-order valence-electron chi connectivity index (χ0n) is 31.7. The van der Waals surface area contributed by atoms with Gasteiger partial charge in [0.15, 0.2) is 0 Å². The first kappa shape index (κ1) is 33.6. The Balaban J connectivity index is 0.954. The van der Waals surface area contributed by atoms with E-state index in [1.54, 1.807) is 0 Å². The van der Waals surface area contributed by atoms with Crippen molar-refractivity contribution in [3.63, 3.8) is 0 Å². The number of nitrogens with zero attached hydrogens (tertiary/aromatic N) is 1. The molecule has 0 N–H and O–H groups in total. The van der Waals surface area contributed by atoms with Crippen molar-refractivity contribution in [1.29, 1.82) is 0 Å². The topological polar surface area (TPSA) is 16.4 Å². The van der Waals surface area contributed by atoms with Gasteiger partial charge in [-0.2, -0.15) is 0 Å². The highest BCUT2D eigenvalue weighted by molar-refractivity contribution is 6.08. The zero-order valence-corrected chi connectivity index (χ0v) is 31.7. The summed E-state index contributed by atoms with van der Waals surface area (Å²) in [6.45, 7) is 0. The first-order chi connectivity index (χ1) is 28.7. The van der Waals surface area contributed by atoms with E-state index in [-0.39, 0.29) is 0 Å². The van der Waals surface area contributed by atoms with E-state index in [0.29, 0.717) is 0 Å². The molecule has 0 aliphatic rings. The Hall–Kier alpha value is -7.68. The van der Waals surface area contributed by atoms with Crippen LogP contribution in [0.3, 0.4) is 0 Å². The molecule has 0 radical (unpaired) electrons. The molecule has 58 heavy (non-hydrogen) atoms. The lowest BCUT2D eigenvalue weighted by molar-refractivity contribution is 0.631. The Bertz CT molecular complexity index is 3230. The predicted octanol–water partition coefficient (Wildman–Crippen LogP) is 16.0. The van der Waals surface area contributed by atoms with Crippen molar-refractivity contribution in [2.75, 3.05) is 4.90 Å². The van der Waals surface area contributed by atoms with Crippen LogP contribution in [0, 0.1) is 0 Å². The fourth-order valence-electron chi connectivity index (χ4n) is 8.49. The molecule has 272 valence electrons. The van der Waals surface area contributed by atoms with Crippen molar-refractivity contribution < 1.29 is 4.42 Å². The molecule has 1 heterocycles. The van der Waals surface area contributed by atoms with Crippen LogP contribution in [0.4, 0.5) is 17.1 Å². The van der Waals surface area contributed by atoms with Crippen molar-refractivity contribution >= 4 is 60.3 Å². The van der Waals surface area contributed by atoms with E-state index in [9.17, 15) is 0 Å². The van der Waals surface area contributed by atoms with E-state index in [2.05, 4.69) is 211 Å². The average Bonchev–Trinajstić information content (AvgIpc) is 3.74. The van der Waals surface area contributed by atoms with Gasteiger partial charge in [-0.1, -0.05) is 164 Å². The molecular formula is C56H37NO. The van der Waals surface area contributed by atoms with Gasteiger partial charge in [0.05, 0.1) is 0 Å². The molecule has 0 atom stereocenters. The number of benzene rings is 10. The monoisotopic (exact) mass is 739 g/mol. The minimum absolute atomic E-state index is 0.874. The van der Waals surface area contributed by atoms with Gasteiger partial charge in [0.1, 0.15) is 11.3 Å². The Morgan fingerprint density at radius 3 is 1.48 bits per heavy atom. The molecule has 0 fully saturated rings. The van der Waals surface area contributed by atoms with E-state index in [4.69, 9.17) is 4.42 Å². The standard InChI is InChI=1S/C56H37NO/c1-4-15-51-40(9-1)12-8-17-53(51)42-25-32-50(33-26-42)57(49-30-23-39(24-31-49)44-27-34-54-45(35-44)20-19-41-10-2-5-16-52(41)54)48-28-21-38(22-29-48)43-13-7-14-46(36-43)56-37-47-11-3-6-18-55(47)58-56/h1-37H. The van der Waals surface area contributed by atoms with Gasteiger partial charge in [-0.05, 0) is 126 Å². The van der Waals surface area contributed by atoms with E-state index < -0.39 is 0 Å². The molecule has 11 aromatic rings. The molecule has 0 saturated carbocycles. The van der Waals surface area contributed by atoms with Gasteiger partial charge < -0.3 is 9.32 Å². The highest BCUT2D eigenvalue weighted by Crippen LogP contribution is 2.40. The van der Waals surface area contributed by atoms with Crippen LogP contribution < -0.4 is 4.90 Å². The summed E-state index contributed by atoms with van der Waals surface area (Å²) in [5.41, 5.74) is 12.3. The summed E-state index contributed by atoms with van der Waals surface area (Å²) < 4.78 is 6.22. The highest BCUT2D eigenvalue weighted by Gasteiger charge is 2.15. The Labute approximate surface area is 337 Å². The summed E-state index contributed by atoms with van der Waals surface area (Å²) in [6, 6.07) is 80.7. The third-order valence-electron chi connectivity index (χ3n) is 11.5. The molecule has 0 unspecified atom stereocenters. The summed E-state index contributed by atoms with van der Waals surface area (Å²) >= 11 is 0. The molecule has 1 aromatic heterocycles. The summed E-state index contributed by atoms with van der Waals surface area (Å²) in [5.74, 6) is 0.874. The van der Waals surface area contributed by atoms with Gasteiger partial charge in [-0.25, -0.2) is 0 Å². The average molecular weight is 740 g/mol. The quantitative estimate of drug-likeness (QED) is 0.151. The number of hydrogen-bond acceptors (Lipinski definition) is 2. The minimum atomic E-state index is 0.874. The SMILES string of the molecule is c1cc(-c2ccc(N(c3ccc(-c4ccc5c(ccc6ccccc65)c4)cc3)c3ccc(-c4cccc5ccccc45)cc3)cc2)cc(-c2cc3ccccc3o2)c1. The van der Waals surface area contributed by atoms with Crippen LogP contribution in [0.1, 0.15) is 0 Å². The van der Waals surface area contributed by atoms with Crippen molar-refractivity contribution in [3.8, 4) is 44.7 Å². The van der Waals surface area contributed by atoms with Crippen LogP contribution in [0.15, 0.2) is 229 Å². The smallest absolute Gasteiger partial charge is 0.135 e. The Kier molecular flexibility index (Phi) is 8.19. The molecule has 0 aliphatic carbocycles. The van der Waals surface area contributed by atoms with Crippen LogP contribution in [0.25, 0.3) is 88.0 Å². The lowest BCUT2D eigenvalue weighted by Crippen LogP contribution is -2.09. The lowest BCUT2D eigenvalue weighted by atomic mass is 9.97. The molecule has 0 bridgehead atoms. The van der Waals surface area contributed by atoms with E-state index in [1.807, 2.05) is 18.2 Å². The number of furan rings is 1. The molecule has 10 aromatic carbocycles. The second kappa shape index (κ2) is 14.1. The first-order valence-electron chi connectivity index (χ1n) is 19.8. The number of rotatable bonds is 7. The summed E-state index contributed by atoms with van der Waals surface area (Å²) in [4.78, 5) is 2.35. The van der Waals surface area contributed by atoms with E-state index in [0.717, 1.165) is 50.5 Å².